The highest BCUT2D eigenvalue weighted by atomic mass is 32.2. The van der Waals surface area contributed by atoms with E-state index in [-0.39, 0.29) is 16.4 Å². The van der Waals surface area contributed by atoms with Crippen LogP contribution < -0.4 is 5.32 Å². The molecule has 0 bridgehead atoms. The number of amides is 1. The molecule has 1 saturated heterocycles. The molecule has 1 amide bonds. The molecule has 27 heavy (non-hydrogen) atoms. The molecule has 3 rings (SSSR count). The van der Waals surface area contributed by atoms with Crippen LogP contribution in [0, 0.1) is 12.7 Å². The molecule has 2 heterocycles. The van der Waals surface area contributed by atoms with Gasteiger partial charge in [0.2, 0.25) is 10.0 Å². The molecule has 0 saturated carbocycles. The number of aryl methyl sites for hydroxylation is 2. The number of nitrogens with one attached hydrogen (secondary N) is 1. The number of carbonyl (C=O) groups excluding carboxylic acids is 1. The molecule has 0 spiro atoms. The first-order valence-corrected chi connectivity index (χ1v) is 10.5. The molecule has 0 radical (unpaired) electrons. The van der Waals surface area contributed by atoms with Gasteiger partial charge >= 0.3 is 0 Å². The van der Waals surface area contributed by atoms with Crippen LogP contribution in [0.2, 0.25) is 0 Å². The van der Waals surface area contributed by atoms with Gasteiger partial charge in [0.1, 0.15) is 16.4 Å². The average Bonchev–Trinajstić information content (AvgIpc) is 2.82. The summed E-state index contributed by atoms with van der Waals surface area (Å²) in [6.07, 6.45) is 5.23. The third-order valence-corrected chi connectivity index (χ3v) is 6.72. The van der Waals surface area contributed by atoms with E-state index in [1.165, 1.54) is 39.3 Å². The SMILES string of the molecule is Cc1cc(F)ccc1NC(=O)c1cc(S(=O)(=O)N2CCCCCC2)cn1C. The maximum atomic E-state index is 13.2. The van der Waals surface area contributed by atoms with Gasteiger partial charge in [0.05, 0.1) is 0 Å². The second kappa shape index (κ2) is 7.82. The lowest BCUT2D eigenvalue weighted by atomic mass is 10.2. The number of rotatable bonds is 4. The minimum atomic E-state index is -3.62. The van der Waals surface area contributed by atoms with E-state index in [9.17, 15) is 17.6 Å². The molecule has 1 aromatic heterocycles. The third-order valence-electron chi connectivity index (χ3n) is 4.85. The molecule has 1 N–H and O–H groups in total. The van der Waals surface area contributed by atoms with Crippen LogP contribution in [0.15, 0.2) is 35.4 Å². The van der Waals surface area contributed by atoms with Crippen molar-refractivity contribution in [1.29, 1.82) is 0 Å². The van der Waals surface area contributed by atoms with E-state index in [4.69, 9.17) is 0 Å². The zero-order valence-corrected chi connectivity index (χ0v) is 16.4. The summed E-state index contributed by atoms with van der Waals surface area (Å²) in [5.41, 5.74) is 1.31. The van der Waals surface area contributed by atoms with Gasteiger partial charge in [0.15, 0.2) is 0 Å². The Morgan fingerprint density at radius 1 is 1.11 bits per heavy atom. The number of carbonyl (C=O) groups is 1. The summed E-state index contributed by atoms with van der Waals surface area (Å²) in [6, 6.07) is 5.48. The molecule has 0 aliphatic carbocycles. The summed E-state index contributed by atoms with van der Waals surface area (Å²) in [7, 11) is -1.99. The van der Waals surface area contributed by atoms with Gasteiger partial charge in [-0.15, -0.1) is 0 Å². The molecule has 8 heteroatoms. The van der Waals surface area contributed by atoms with Gasteiger partial charge in [-0.1, -0.05) is 12.8 Å². The summed E-state index contributed by atoms with van der Waals surface area (Å²) in [5, 5.41) is 2.71. The maximum Gasteiger partial charge on any atom is 0.272 e. The first-order valence-electron chi connectivity index (χ1n) is 9.03. The Balaban J connectivity index is 1.84. The zero-order valence-electron chi connectivity index (χ0n) is 15.5. The fraction of sp³-hybridized carbons (Fsp3) is 0.421. The Labute approximate surface area is 159 Å². The second-order valence-electron chi connectivity index (χ2n) is 6.90. The number of hydrogen-bond acceptors (Lipinski definition) is 3. The number of nitrogens with zero attached hydrogens (tertiary/aromatic N) is 2. The van der Waals surface area contributed by atoms with E-state index in [0.717, 1.165) is 25.7 Å². The topological polar surface area (TPSA) is 71.4 Å². The van der Waals surface area contributed by atoms with Crippen LogP contribution >= 0.6 is 0 Å². The van der Waals surface area contributed by atoms with Crippen LogP contribution in [-0.4, -0.2) is 36.3 Å². The van der Waals surface area contributed by atoms with E-state index >= 15 is 0 Å². The van der Waals surface area contributed by atoms with E-state index < -0.39 is 15.9 Å². The molecule has 2 aromatic rings. The number of halogens is 1. The monoisotopic (exact) mass is 393 g/mol. The smallest absolute Gasteiger partial charge is 0.272 e. The molecule has 0 unspecified atom stereocenters. The lowest BCUT2D eigenvalue weighted by molar-refractivity contribution is 0.101. The van der Waals surface area contributed by atoms with Crippen molar-refractivity contribution < 1.29 is 17.6 Å². The van der Waals surface area contributed by atoms with E-state index in [2.05, 4.69) is 5.32 Å². The van der Waals surface area contributed by atoms with Crippen molar-refractivity contribution in [3.63, 3.8) is 0 Å². The van der Waals surface area contributed by atoms with Crippen LogP contribution in [0.4, 0.5) is 10.1 Å². The summed E-state index contributed by atoms with van der Waals surface area (Å²) in [5.74, 6) is -0.820. The minimum Gasteiger partial charge on any atom is -0.345 e. The molecule has 1 fully saturated rings. The largest absolute Gasteiger partial charge is 0.345 e. The van der Waals surface area contributed by atoms with Crippen LogP contribution in [0.3, 0.4) is 0 Å². The van der Waals surface area contributed by atoms with Crippen molar-refractivity contribution in [3.8, 4) is 0 Å². The predicted octanol–water partition coefficient (Wildman–Crippen LogP) is 3.29. The molecule has 146 valence electrons. The summed E-state index contributed by atoms with van der Waals surface area (Å²) in [4.78, 5) is 12.7. The Kier molecular flexibility index (Phi) is 5.67. The van der Waals surface area contributed by atoms with Crippen LogP contribution in [0.1, 0.15) is 41.7 Å². The fourth-order valence-corrected chi connectivity index (χ4v) is 4.87. The van der Waals surface area contributed by atoms with Crippen molar-refractivity contribution in [3.05, 3.63) is 47.5 Å². The third kappa shape index (κ3) is 4.22. The number of sulfonamides is 1. The number of hydrogen-bond donors (Lipinski definition) is 1. The fourth-order valence-electron chi connectivity index (χ4n) is 3.29. The van der Waals surface area contributed by atoms with Crippen LogP contribution in [0.5, 0.6) is 0 Å². The number of benzene rings is 1. The molecule has 1 aliphatic rings. The summed E-state index contributed by atoms with van der Waals surface area (Å²) in [6.45, 7) is 2.71. The zero-order chi connectivity index (χ0) is 19.6. The van der Waals surface area contributed by atoms with E-state index in [1.807, 2.05) is 0 Å². The van der Waals surface area contributed by atoms with Gasteiger partial charge < -0.3 is 9.88 Å². The molecule has 1 aliphatic heterocycles. The predicted molar refractivity (Wildman–Crippen MR) is 102 cm³/mol. The van der Waals surface area contributed by atoms with Crippen LogP contribution in [-0.2, 0) is 17.1 Å². The van der Waals surface area contributed by atoms with Gasteiger partial charge in [0, 0.05) is 32.0 Å². The first-order chi connectivity index (χ1) is 12.8. The minimum absolute atomic E-state index is 0.118. The van der Waals surface area contributed by atoms with Gasteiger partial charge in [-0.2, -0.15) is 4.31 Å². The molecule has 1 aromatic carbocycles. The van der Waals surface area contributed by atoms with Crippen molar-refractivity contribution in [2.45, 2.75) is 37.5 Å². The lowest BCUT2D eigenvalue weighted by Crippen LogP contribution is -2.31. The Hall–Kier alpha value is -2.19. The highest BCUT2D eigenvalue weighted by molar-refractivity contribution is 7.89. The first kappa shape index (κ1) is 19.6. The summed E-state index contributed by atoms with van der Waals surface area (Å²) >= 11 is 0. The highest BCUT2D eigenvalue weighted by Gasteiger charge is 2.28. The van der Waals surface area contributed by atoms with Gasteiger partial charge in [-0.05, 0) is 49.6 Å². The standard InChI is InChI=1S/C19H24FN3O3S/c1-14-11-15(20)7-8-17(14)21-19(24)18-12-16(13-22(18)2)27(25,26)23-9-5-3-4-6-10-23/h7-8,11-13H,3-6,9-10H2,1-2H3,(H,21,24). The molecular weight excluding hydrogens is 369 g/mol. The molecule has 0 atom stereocenters. The second-order valence-corrected chi connectivity index (χ2v) is 8.84. The maximum absolute atomic E-state index is 13.2. The van der Waals surface area contributed by atoms with Crippen LogP contribution in [0.25, 0.3) is 0 Å². The Morgan fingerprint density at radius 2 is 1.78 bits per heavy atom. The number of aromatic nitrogens is 1. The van der Waals surface area contributed by atoms with Gasteiger partial charge in [0.25, 0.3) is 5.91 Å². The quantitative estimate of drug-likeness (QED) is 0.866. The van der Waals surface area contributed by atoms with E-state index in [1.54, 1.807) is 14.0 Å². The normalized spacial score (nSPS) is 16.1. The van der Waals surface area contributed by atoms with Crippen molar-refractivity contribution in [2.75, 3.05) is 18.4 Å². The molecule has 6 nitrogen and oxygen atoms in total. The highest BCUT2D eigenvalue weighted by Crippen LogP contribution is 2.23. The average molecular weight is 393 g/mol. The Bertz CT molecular complexity index is 945. The van der Waals surface area contributed by atoms with Gasteiger partial charge in [-0.3, -0.25) is 4.79 Å². The van der Waals surface area contributed by atoms with Crippen molar-refractivity contribution >= 4 is 21.6 Å². The van der Waals surface area contributed by atoms with E-state index in [0.29, 0.717) is 24.3 Å². The van der Waals surface area contributed by atoms with Crippen molar-refractivity contribution in [2.24, 2.45) is 7.05 Å². The van der Waals surface area contributed by atoms with Gasteiger partial charge in [-0.25, -0.2) is 12.8 Å². The Morgan fingerprint density at radius 3 is 2.41 bits per heavy atom. The summed E-state index contributed by atoms with van der Waals surface area (Å²) < 4.78 is 42.1. The lowest BCUT2D eigenvalue weighted by Gasteiger charge is -2.18. The molecular formula is C19H24FN3O3S. The number of anilines is 1. The van der Waals surface area contributed by atoms with Crippen molar-refractivity contribution in [1.82, 2.24) is 8.87 Å².